The lowest BCUT2D eigenvalue weighted by Gasteiger charge is -2.23. The quantitative estimate of drug-likeness (QED) is 0.252. The zero-order valence-corrected chi connectivity index (χ0v) is 23.5. The van der Waals surface area contributed by atoms with Crippen molar-refractivity contribution in [1.29, 1.82) is 0 Å². The highest BCUT2D eigenvalue weighted by atomic mass is 16.5. The molecular formula is C31H30O10. The number of carbonyl (C=O) groups excluding carboxylic acids is 2. The van der Waals surface area contributed by atoms with Crippen molar-refractivity contribution in [1.82, 2.24) is 0 Å². The van der Waals surface area contributed by atoms with Gasteiger partial charge in [0.25, 0.3) is 0 Å². The number of fused-ring (bicyclic) bond motifs is 1. The first kappa shape index (κ1) is 28.9. The van der Waals surface area contributed by atoms with Gasteiger partial charge in [-0.1, -0.05) is 36.4 Å². The fourth-order valence-corrected chi connectivity index (χ4v) is 4.65. The second kappa shape index (κ2) is 12.4. The molecule has 0 saturated carbocycles. The summed E-state index contributed by atoms with van der Waals surface area (Å²) in [6.07, 6.45) is 0. The lowest BCUT2D eigenvalue weighted by atomic mass is 9.87. The van der Waals surface area contributed by atoms with Gasteiger partial charge in [0.1, 0.15) is 17.9 Å². The number of phenolic OH excluding ortho intramolecular Hbond substituents is 1. The van der Waals surface area contributed by atoms with E-state index in [1.54, 1.807) is 18.2 Å². The van der Waals surface area contributed by atoms with Gasteiger partial charge in [-0.15, -0.1) is 0 Å². The molecule has 0 aliphatic rings. The monoisotopic (exact) mass is 562 g/mol. The van der Waals surface area contributed by atoms with E-state index in [0.29, 0.717) is 17.1 Å². The fraction of sp³-hybridized carbons (Fsp3) is 0.226. The van der Waals surface area contributed by atoms with E-state index in [2.05, 4.69) is 0 Å². The number of aromatic hydroxyl groups is 1. The molecular weight excluding hydrogens is 532 g/mol. The van der Waals surface area contributed by atoms with Gasteiger partial charge in [-0.25, -0.2) is 9.59 Å². The first-order valence-corrected chi connectivity index (χ1v) is 12.4. The molecule has 10 heteroatoms. The van der Waals surface area contributed by atoms with Gasteiger partial charge in [0.05, 0.1) is 48.2 Å². The molecule has 0 heterocycles. The average molecular weight is 563 g/mol. The van der Waals surface area contributed by atoms with Gasteiger partial charge < -0.3 is 38.3 Å². The van der Waals surface area contributed by atoms with Crippen molar-refractivity contribution in [2.75, 3.05) is 42.7 Å². The number of hydrogen-bond acceptors (Lipinski definition) is 10. The Hall–Kier alpha value is -5.12. The molecule has 0 aliphatic carbocycles. The summed E-state index contributed by atoms with van der Waals surface area (Å²) in [6.45, 7) is 0.168. The Balaban J connectivity index is 2.20. The van der Waals surface area contributed by atoms with E-state index < -0.39 is 23.3 Å². The van der Waals surface area contributed by atoms with Gasteiger partial charge in [-0.3, -0.25) is 0 Å². The number of phenols is 1. The Bertz CT molecular complexity index is 1590. The lowest BCUT2D eigenvalue weighted by Crippen LogP contribution is -2.15. The predicted molar refractivity (Wildman–Crippen MR) is 151 cm³/mol. The molecule has 0 bridgehead atoms. The molecule has 41 heavy (non-hydrogen) atoms. The molecule has 4 aromatic rings. The van der Waals surface area contributed by atoms with E-state index in [4.69, 9.17) is 33.2 Å². The zero-order chi connectivity index (χ0) is 29.7. The molecule has 0 unspecified atom stereocenters. The molecule has 4 aromatic carbocycles. The van der Waals surface area contributed by atoms with Crippen LogP contribution in [0.5, 0.6) is 34.5 Å². The van der Waals surface area contributed by atoms with Crippen LogP contribution in [0.1, 0.15) is 26.3 Å². The molecule has 10 nitrogen and oxygen atoms in total. The normalized spacial score (nSPS) is 10.6. The van der Waals surface area contributed by atoms with Crippen LogP contribution in [0.2, 0.25) is 0 Å². The molecule has 0 aliphatic heterocycles. The Morgan fingerprint density at radius 1 is 0.683 bits per heavy atom. The zero-order valence-electron chi connectivity index (χ0n) is 23.5. The van der Waals surface area contributed by atoms with Gasteiger partial charge in [-0.05, 0) is 29.3 Å². The number of rotatable bonds is 10. The van der Waals surface area contributed by atoms with Crippen LogP contribution in [0.15, 0.2) is 54.6 Å². The van der Waals surface area contributed by atoms with Crippen molar-refractivity contribution in [3.05, 3.63) is 71.3 Å². The molecule has 0 atom stereocenters. The molecule has 214 valence electrons. The van der Waals surface area contributed by atoms with E-state index in [1.807, 2.05) is 30.3 Å². The molecule has 0 saturated heterocycles. The maximum absolute atomic E-state index is 13.3. The highest BCUT2D eigenvalue weighted by Gasteiger charge is 2.34. The minimum atomic E-state index is -0.950. The van der Waals surface area contributed by atoms with Crippen LogP contribution in [0, 0.1) is 0 Å². The summed E-state index contributed by atoms with van der Waals surface area (Å²) in [5, 5.41) is 11.9. The van der Waals surface area contributed by atoms with Crippen LogP contribution in [0.4, 0.5) is 0 Å². The van der Waals surface area contributed by atoms with Crippen LogP contribution in [-0.2, 0) is 16.1 Å². The average Bonchev–Trinajstić information content (AvgIpc) is 3.02. The summed E-state index contributed by atoms with van der Waals surface area (Å²) < 4.78 is 38.6. The smallest absolute Gasteiger partial charge is 0.342 e. The molecule has 0 aromatic heterocycles. The SMILES string of the molecule is COC(=O)c1c(C(=O)OC)c(-c2ccc(OC)c(OC)c2)c2c(OC)c(OCc3ccccc3)c(OC)cc2c1O. The number of esters is 2. The third-order valence-corrected chi connectivity index (χ3v) is 6.55. The summed E-state index contributed by atoms with van der Waals surface area (Å²) in [5.41, 5.74) is 0.884. The van der Waals surface area contributed by atoms with Crippen molar-refractivity contribution in [2.24, 2.45) is 0 Å². The number of methoxy groups -OCH3 is 6. The van der Waals surface area contributed by atoms with Crippen molar-refractivity contribution in [3.8, 4) is 45.6 Å². The molecule has 1 N–H and O–H groups in total. The van der Waals surface area contributed by atoms with E-state index in [9.17, 15) is 14.7 Å². The summed E-state index contributed by atoms with van der Waals surface area (Å²) in [6, 6.07) is 15.9. The van der Waals surface area contributed by atoms with Gasteiger partial charge in [0.2, 0.25) is 5.75 Å². The Labute approximate surface area is 236 Å². The van der Waals surface area contributed by atoms with Gasteiger partial charge in [0.15, 0.2) is 23.0 Å². The number of carbonyl (C=O) groups is 2. The van der Waals surface area contributed by atoms with Crippen molar-refractivity contribution >= 4 is 22.7 Å². The standard InChI is InChI=1S/C31H30O10/c1-35-20-13-12-18(14-21(20)36-2)23-24-19(27(32)26(31(34)40-6)25(23)30(33)39-5)15-22(37-3)28(29(24)38-4)41-16-17-10-8-7-9-11-17/h7-15,32H,16H2,1-6H3. The van der Waals surface area contributed by atoms with Gasteiger partial charge in [-0.2, -0.15) is 0 Å². The first-order valence-electron chi connectivity index (χ1n) is 12.4. The largest absolute Gasteiger partial charge is 0.506 e. The summed E-state index contributed by atoms with van der Waals surface area (Å²) in [7, 11) is 8.14. The minimum absolute atomic E-state index is 0.142. The van der Waals surface area contributed by atoms with Crippen LogP contribution < -0.4 is 23.7 Å². The van der Waals surface area contributed by atoms with Crippen molar-refractivity contribution < 1.29 is 47.9 Å². The third-order valence-electron chi connectivity index (χ3n) is 6.55. The van der Waals surface area contributed by atoms with Crippen LogP contribution >= 0.6 is 0 Å². The Kier molecular flexibility index (Phi) is 8.72. The number of benzene rings is 4. The molecule has 4 rings (SSSR count). The molecule has 0 amide bonds. The van der Waals surface area contributed by atoms with Crippen LogP contribution in [0.25, 0.3) is 21.9 Å². The van der Waals surface area contributed by atoms with Crippen molar-refractivity contribution in [3.63, 3.8) is 0 Å². The third kappa shape index (κ3) is 5.23. The van der Waals surface area contributed by atoms with E-state index in [0.717, 1.165) is 12.7 Å². The predicted octanol–water partition coefficient (Wildman–Crippen LogP) is 5.40. The van der Waals surface area contributed by atoms with E-state index in [-0.39, 0.29) is 45.8 Å². The van der Waals surface area contributed by atoms with Gasteiger partial charge >= 0.3 is 11.9 Å². The van der Waals surface area contributed by atoms with E-state index >= 15 is 0 Å². The second-order valence-electron chi connectivity index (χ2n) is 8.66. The Morgan fingerprint density at radius 2 is 1.32 bits per heavy atom. The summed E-state index contributed by atoms with van der Waals surface area (Å²) in [4.78, 5) is 26.4. The maximum atomic E-state index is 13.3. The minimum Gasteiger partial charge on any atom is -0.506 e. The highest BCUT2D eigenvalue weighted by molar-refractivity contribution is 6.20. The fourth-order valence-electron chi connectivity index (χ4n) is 4.65. The first-order chi connectivity index (χ1) is 19.8. The van der Waals surface area contributed by atoms with Crippen LogP contribution in [-0.4, -0.2) is 59.7 Å². The molecule has 0 spiro atoms. The number of ether oxygens (including phenoxy) is 7. The van der Waals surface area contributed by atoms with Crippen LogP contribution in [0.3, 0.4) is 0 Å². The highest BCUT2D eigenvalue weighted by Crippen LogP contribution is 2.53. The summed E-state index contributed by atoms with van der Waals surface area (Å²) in [5.74, 6) is -0.984. The van der Waals surface area contributed by atoms with Crippen molar-refractivity contribution in [2.45, 2.75) is 6.61 Å². The molecule has 0 fully saturated rings. The Morgan fingerprint density at radius 3 is 1.90 bits per heavy atom. The van der Waals surface area contributed by atoms with Gasteiger partial charge in [0, 0.05) is 16.3 Å². The topological polar surface area (TPSA) is 119 Å². The summed E-state index contributed by atoms with van der Waals surface area (Å²) >= 11 is 0. The second-order valence-corrected chi connectivity index (χ2v) is 8.66. The van der Waals surface area contributed by atoms with E-state index in [1.165, 1.54) is 41.6 Å². The maximum Gasteiger partial charge on any atom is 0.342 e. The number of hydrogen-bond donors (Lipinski definition) is 1. The molecule has 0 radical (unpaired) electrons. The lowest BCUT2D eigenvalue weighted by molar-refractivity contribution is 0.0553.